The lowest BCUT2D eigenvalue weighted by atomic mass is 10.3. The molecule has 1 aromatic carbocycles. The summed E-state index contributed by atoms with van der Waals surface area (Å²) in [7, 11) is 2.38. The van der Waals surface area contributed by atoms with Crippen LogP contribution in [0.1, 0.15) is 5.82 Å². The molecular weight excluding hydrogens is 382 g/mol. The summed E-state index contributed by atoms with van der Waals surface area (Å²) >= 11 is 0. The molecule has 2 nitrogen and oxygen atoms in total. The van der Waals surface area contributed by atoms with E-state index in [0.29, 0.717) is 11.0 Å². The fraction of sp³-hybridized carbons (Fsp3) is 0.364. The van der Waals surface area contributed by atoms with E-state index in [-0.39, 0.29) is 24.0 Å². The number of halogens is 6. The maximum absolute atomic E-state index is 13.5. The van der Waals surface area contributed by atoms with Crippen molar-refractivity contribution in [2.24, 2.45) is 14.1 Å². The van der Waals surface area contributed by atoms with Crippen molar-refractivity contribution in [3.63, 3.8) is 0 Å². The summed E-state index contributed by atoms with van der Waals surface area (Å²) < 4.78 is 65.9. The molecule has 0 N–H and O–H groups in total. The quantitative estimate of drug-likeness (QED) is 0.357. The van der Waals surface area contributed by atoms with Crippen molar-refractivity contribution in [2.45, 2.75) is 12.1 Å². The average molecular weight is 392 g/mol. The number of para-hydroxylation sites is 2. The number of alkyl halides is 5. The minimum absolute atomic E-state index is 0. The zero-order chi connectivity index (χ0) is 13.7. The van der Waals surface area contributed by atoms with Crippen molar-refractivity contribution in [1.82, 2.24) is 4.57 Å². The van der Waals surface area contributed by atoms with Gasteiger partial charge in [0.05, 0.1) is 14.1 Å². The van der Waals surface area contributed by atoms with Crippen LogP contribution >= 0.6 is 0 Å². The number of hydrogen-bond donors (Lipinski definition) is 0. The third-order valence-electron chi connectivity index (χ3n) is 2.88. The van der Waals surface area contributed by atoms with E-state index in [2.05, 4.69) is 0 Å². The van der Waals surface area contributed by atoms with Crippen molar-refractivity contribution < 1.29 is 50.5 Å². The van der Waals surface area contributed by atoms with Crippen LogP contribution in [0.2, 0.25) is 0 Å². The number of nitrogens with zero attached hydrogens (tertiary/aromatic N) is 2. The Kier molecular flexibility index (Phi) is 4.14. The summed E-state index contributed by atoms with van der Waals surface area (Å²) in [6, 6.07) is 6.15. The van der Waals surface area contributed by atoms with Gasteiger partial charge in [0.1, 0.15) is 0 Å². The number of aromatic nitrogens is 2. The summed E-state index contributed by atoms with van der Waals surface area (Å²) in [4.78, 5) is 0. The van der Waals surface area contributed by atoms with Gasteiger partial charge in [-0.1, -0.05) is 12.1 Å². The van der Waals surface area contributed by atoms with Crippen LogP contribution in [-0.4, -0.2) is 10.7 Å². The van der Waals surface area contributed by atoms with Gasteiger partial charge in [-0.05, 0) is 12.1 Å². The summed E-state index contributed by atoms with van der Waals surface area (Å²) in [6.07, 6.45) is -5.62. The Balaban J connectivity index is 0.00000180. The van der Waals surface area contributed by atoms with Crippen molar-refractivity contribution in [3.8, 4) is 0 Å². The molecule has 1 heterocycles. The van der Waals surface area contributed by atoms with Gasteiger partial charge in [-0.15, -0.1) is 0 Å². The number of benzene rings is 1. The molecule has 0 amide bonds. The smallest absolute Gasteiger partial charge is 0.466 e. The highest BCUT2D eigenvalue weighted by Crippen LogP contribution is 2.43. The van der Waals surface area contributed by atoms with E-state index in [1.165, 1.54) is 26.2 Å². The zero-order valence-corrected chi connectivity index (χ0v) is 12.1. The molecule has 2 rings (SSSR count). The lowest BCUT2D eigenvalue weighted by Crippen LogP contribution is -3.00. The Hall–Kier alpha value is -0.930. The second-order valence-corrected chi connectivity index (χ2v) is 4.00. The van der Waals surface area contributed by atoms with E-state index < -0.39 is 17.9 Å². The van der Waals surface area contributed by atoms with Gasteiger partial charge >= 0.3 is 17.9 Å². The van der Waals surface area contributed by atoms with E-state index in [1.54, 1.807) is 12.1 Å². The Morgan fingerprint density at radius 2 is 1.58 bits per heavy atom. The molecule has 0 unspecified atom stereocenters. The van der Waals surface area contributed by atoms with E-state index >= 15 is 0 Å². The van der Waals surface area contributed by atoms with Crippen molar-refractivity contribution >= 4 is 11.0 Å². The third kappa shape index (κ3) is 2.30. The van der Waals surface area contributed by atoms with Gasteiger partial charge in [-0.2, -0.15) is 22.0 Å². The molecule has 1 aromatic heterocycles. The van der Waals surface area contributed by atoms with Crippen LogP contribution in [0.5, 0.6) is 0 Å². The second kappa shape index (κ2) is 4.88. The van der Waals surface area contributed by atoms with Crippen molar-refractivity contribution in [2.75, 3.05) is 0 Å². The van der Waals surface area contributed by atoms with Crippen LogP contribution in [-0.2, 0) is 20.0 Å². The number of imidazole rings is 1. The van der Waals surface area contributed by atoms with Gasteiger partial charge < -0.3 is 24.0 Å². The molecule has 0 atom stereocenters. The lowest BCUT2D eigenvalue weighted by Gasteiger charge is -2.16. The monoisotopic (exact) mass is 392 g/mol. The zero-order valence-electron chi connectivity index (χ0n) is 9.97. The minimum Gasteiger partial charge on any atom is -1.00 e. The van der Waals surface area contributed by atoms with Crippen molar-refractivity contribution in [3.05, 3.63) is 30.1 Å². The van der Waals surface area contributed by atoms with E-state index in [0.717, 1.165) is 9.13 Å². The predicted octanol–water partition coefficient (Wildman–Crippen LogP) is -0.339. The number of rotatable bonds is 1. The fourth-order valence-corrected chi connectivity index (χ4v) is 2.03. The van der Waals surface area contributed by atoms with E-state index in [9.17, 15) is 22.0 Å². The molecule has 0 spiro atoms. The number of hydrogen-bond acceptors (Lipinski definition) is 0. The number of aryl methyl sites for hydroxylation is 2. The highest BCUT2D eigenvalue weighted by Gasteiger charge is 2.66. The lowest BCUT2D eigenvalue weighted by molar-refractivity contribution is -0.667. The van der Waals surface area contributed by atoms with Gasteiger partial charge in [0.25, 0.3) is 0 Å². The third-order valence-corrected chi connectivity index (χ3v) is 2.88. The van der Waals surface area contributed by atoms with Crippen LogP contribution in [0.25, 0.3) is 11.0 Å². The molecule has 0 aliphatic heterocycles. The first-order chi connectivity index (χ1) is 8.18. The Bertz CT molecular complexity index is 564. The first kappa shape index (κ1) is 16.1. The molecular formula is C11H10F5IN2. The van der Waals surface area contributed by atoms with Crippen molar-refractivity contribution in [1.29, 1.82) is 0 Å². The second-order valence-electron chi connectivity index (χ2n) is 4.00. The van der Waals surface area contributed by atoms with E-state index in [1.807, 2.05) is 0 Å². The van der Waals surface area contributed by atoms with Crippen LogP contribution in [0, 0.1) is 0 Å². The summed E-state index contributed by atoms with van der Waals surface area (Å²) in [5.41, 5.74) is 0.637. The SMILES string of the molecule is Cn1c(C(F)(F)C(F)(F)F)[n+](C)c2ccccc21.[I-]. The summed E-state index contributed by atoms with van der Waals surface area (Å²) in [5.74, 6) is -5.98. The normalized spacial score (nSPS) is 12.6. The van der Waals surface area contributed by atoms with Crippen LogP contribution < -0.4 is 28.5 Å². The molecule has 0 saturated heterocycles. The van der Waals surface area contributed by atoms with E-state index in [4.69, 9.17) is 0 Å². The highest BCUT2D eigenvalue weighted by molar-refractivity contribution is 5.72. The Labute approximate surface area is 122 Å². The Morgan fingerprint density at radius 3 is 2.05 bits per heavy atom. The van der Waals surface area contributed by atoms with Crippen LogP contribution in [0.15, 0.2) is 24.3 Å². The molecule has 19 heavy (non-hydrogen) atoms. The van der Waals surface area contributed by atoms with Crippen LogP contribution in [0.3, 0.4) is 0 Å². The maximum Gasteiger partial charge on any atom is 0.466 e. The van der Waals surface area contributed by atoms with Gasteiger partial charge in [-0.3, -0.25) is 0 Å². The molecule has 0 radical (unpaired) electrons. The first-order valence-corrected chi connectivity index (χ1v) is 5.06. The molecule has 8 heteroatoms. The maximum atomic E-state index is 13.5. The number of fused-ring (bicyclic) bond motifs is 1. The minimum atomic E-state index is -5.62. The topological polar surface area (TPSA) is 8.81 Å². The summed E-state index contributed by atoms with van der Waals surface area (Å²) in [5, 5.41) is 0. The molecule has 0 aliphatic carbocycles. The van der Waals surface area contributed by atoms with Gasteiger partial charge in [0.15, 0.2) is 11.0 Å². The molecule has 106 valence electrons. The largest absolute Gasteiger partial charge is 1.00 e. The van der Waals surface area contributed by atoms with Gasteiger partial charge in [0.2, 0.25) is 0 Å². The predicted molar refractivity (Wildman–Crippen MR) is 54.0 cm³/mol. The van der Waals surface area contributed by atoms with Crippen LogP contribution in [0.4, 0.5) is 22.0 Å². The molecule has 0 saturated carbocycles. The molecule has 0 bridgehead atoms. The molecule has 2 aromatic rings. The standard InChI is InChI=1S/C11H10F5N2.HI/c1-17-7-5-3-4-6-8(7)18(2)9(17)10(12,13)11(14,15)16;/h3-6H,1-2H3;1H/q+1;/p-1. The van der Waals surface area contributed by atoms with Gasteiger partial charge in [0, 0.05) is 0 Å². The highest BCUT2D eigenvalue weighted by atomic mass is 127. The average Bonchev–Trinajstić information content (AvgIpc) is 2.51. The molecule has 0 fully saturated rings. The summed E-state index contributed by atoms with van der Waals surface area (Å²) in [6.45, 7) is 0. The fourth-order valence-electron chi connectivity index (χ4n) is 2.03. The first-order valence-electron chi connectivity index (χ1n) is 5.06. The molecule has 0 aliphatic rings. The Morgan fingerprint density at radius 1 is 1.05 bits per heavy atom. The van der Waals surface area contributed by atoms with Gasteiger partial charge in [-0.25, -0.2) is 9.13 Å².